The fourth-order valence-corrected chi connectivity index (χ4v) is 5.11. The van der Waals surface area contributed by atoms with E-state index in [-0.39, 0.29) is 23.6 Å². The molecule has 0 bridgehead atoms. The second kappa shape index (κ2) is 8.79. The summed E-state index contributed by atoms with van der Waals surface area (Å²) >= 11 is 6.62. The SMILES string of the molecule is C=C1Nc2c(Cl)cc3cc(C(=O)NCc4ccc(OC(F)F)cn4)oc3c2C2(CCCCC2)N1. The first-order chi connectivity index (χ1) is 16.3. The zero-order valence-electron chi connectivity index (χ0n) is 18.2. The maximum absolute atomic E-state index is 12.8. The van der Waals surface area contributed by atoms with Gasteiger partial charge in [0.2, 0.25) is 0 Å². The van der Waals surface area contributed by atoms with Gasteiger partial charge in [-0.05, 0) is 37.1 Å². The van der Waals surface area contributed by atoms with Gasteiger partial charge in [0.05, 0.1) is 40.5 Å². The smallest absolute Gasteiger partial charge is 0.387 e. The van der Waals surface area contributed by atoms with Crippen LogP contribution in [0.25, 0.3) is 11.0 Å². The van der Waals surface area contributed by atoms with Crippen molar-refractivity contribution in [3.05, 3.63) is 64.9 Å². The maximum Gasteiger partial charge on any atom is 0.387 e. The van der Waals surface area contributed by atoms with Crippen molar-refractivity contribution in [2.75, 3.05) is 5.32 Å². The lowest BCUT2D eigenvalue weighted by Gasteiger charge is -2.44. The number of furan rings is 1. The highest BCUT2D eigenvalue weighted by atomic mass is 35.5. The van der Waals surface area contributed by atoms with E-state index >= 15 is 0 Å². The first kappa shape index (κ1) is 22.5. The van der Waals surface area contributed by atoms with Gasteiger partial charge in [-0.3, -0.25) is 9.78 Å². The first-order valence-corrected chi connectivity index (χ1v) is 11.4. The van der Waals surface area contributed by atoms with Crippen LogP contribution >= 0.6 is 11.6 Å². The highest BCUT2D eigenvalue weighted by molar-refractivity contribution is 6.34. The van der Waals surface area contributed by atoms with E-state index in [0.717, 1.165) is 48.7 Å². The van der Waals surface area contributed by atoms with E-state index in [1.54, 1.807) is 12.1 Å². The molecule has 10 heteroatoms. The van der Waals surface area contributed by atoms with Crippen molar-refractivity contribution < 1.29 is 22.7 Å². The van der Waals surface area contributed by atoms with Crippen LogP contribution in [-0.4, -0.2) is 17.5 Å². The summed E-state index contributed by atoms with van der Waals surface area (Å²) in [5.41, 5.74) is 2.44. The Morgan fingerprint density at radius 1 is 1.29 bits per heavy atom. The van der Waals surface area contributed by atoms with Crippen LogP contribution < -0.4 is 20.7 Å². The van der Waals surface area contributed by atoms with E-state index in [9.17, 15) is 13.6 Å². The molecule has 7 nitrogen and oxygen atoms in total. The average molecular weight is 489 g/mol. The Hall–Kier alpha value is -3.33. The third kappa shape index (κ3) is 4.16. The summed E-state index contributed by atoms with van der Waals surface area (Å²) in [5, 5.41) is 10.8. The van der Waals surface area contributed by atoms with Crippen molar-refractivity contribution >= 4 is 34.2 Å². The van der Waals surface area contributed by atoms with E-state index < -0.39 is 12.5 Å². The molecular formula is C24H23ClF2N4O3. The predicted molar refractivity (Wildman–Crippen MR) is 124 cm³/mol. The fraction of sp³-hybridized carbons (Fsp3) is 0.333. The minimum absolute atomic E-state index is 0.0504. The number of ether oxygens (including phenoxy) is 1. The molecule has 1 aliphatic heterocycles. The minimum Gasteiger partial charge on any atom is -0.450 e. The zero-order chi connectivity index (χ0) is 23.9. The quantitative estimate of drug-likeness (QED) is 0.429. The number of anilines is 1. The van der Waals surface area contributed by atoms with Crippen LogP contribution in [0.15, 0.2) is 47.3 Å². The number of halogens is 3. The molecule has 2 aromatic heterocycles. The number of fused-ring (bicyclic) bond motifs is 4. The second-order valence-electron chi connectivity index (χ2n) is 8.56. The number of carbonyl (C=O) groups excluding carboxylic acids is 1. The molecule has 1 aliphatic carbocycles. The number of aromatic nitrogens is 1. The first-order valence-electron chi connectivity index (χ1n) is 11.0. The third-order valence-corrected chi connectivity index (χ3v) is 6.59. The summed E-state index contributed by atoms with van der Waals surface area (Å²) in [7, 11) is 0. The number of hydrogen-bond acceptors (Lipinski definition) is 6. The van der Waals surface area contributed by atoms with Crippen LogP contribution in [0.4, 0.5) is 14.5 Å². The van der Waals surface area contributed by atoms with Gasteiger partial charge in [-0.25, -0.2) is 0 Å². The standard InChI is InChI=1S/C24H23ClF2N4O3/c1-13-30-20-17(25)9-14-10-18(34-21(14)19(20)24(31-13)7-3-2-4-8-24)22(32)29-11-15-5-6-16(12-28-15)33-23(26)27/h5-6,9-10,12,23,30-31H,1-4,7-8,11H2,(H,29,32). The fourth-order valence-electron chi connectivity index (χ4n) is 4.85. The number of rotatable bonds is 5. The molecule has 0 saturated heterocycles. The van der Waals surface area contributed by atoms with Gasteiger partial charge in [-0.1, -0.05) is 37.4 Å². The van der Waals surface area contributed by atoms with E-state index in [2.05, 4.69) is 32.3 Å². The average Bonchev–Trinajstić information content (AvgIpc) is 3.22. The lowest BCUT2D eigenvalue weighted by Crippen LogP contribution is -2.48. The summed E-state index contributed by atoms with van der Waals surface area (Å²) < 4.78 is 34.9. The van der Waals surface area contributed by atoms with Gasteiger partial charge < -0.3 is 25.1 Å². The number of nitrogens with zero attached hydrogens (tertiary/aromatic N) is 1. The van der Waals surface area contributed by atoms with Gasteiger partial charge in [-0.2, -0.15) is 8.78 Å². The third-order valence-electron chi connectivity index (χ3n) is 6.29. The molecule has 3 aromatic rings. The summed E-state index contributed by atoms with van der Waals surface area (Å²) in [6.07, 6.45) is 6.30. The van der Waals surface area contributed by atoms with Crippen molar-refractivity contribution in [3.63, 3.8) is 0 Å². The molecule has 34 heavy (non-hydrogen) atoms. The van der Waals surface area contributed by atoms with Crippen molar-refractivity contribution in [2.24, 2.45) is 0 Å². The number of alkyl halides is 2. The van der Waals surface area contributed by atoms with E-state index in [4.69, 9.17) is 16.0 Å². The maximum atomic E-state index is 12.8. The topological polar surface area (TPSA) is 88.4 Å². The molecular weight excluding hydrogens is 466 g/mol. The van der Waals surface area contributed by atoms with Gasteiger partial charge in [0.15, 0.2) is 5.76 Å². The Balaban J connectivity index is 1.41. The molecule has 3 N–H and O–H groups in total. The lowest BCUT2D eigenvalue weighted by molar-refractivity contribution is -0.0500. The second-order valence-corrected chi connectivity index (χ2v) is 8.96. The van der Waals surface area contributed by atoms with Crippen molar-refractivity contribution in [1.29, 1.82) is 0 Å². The van der Waals surface area contributed by atoms with Gasteiger partial charge in [0.25, 0.3) is 5.91 Å². The predicted octanol–water partition coefficient (Wildman–Crippen LogP) is 5.66. The summed E-state index contributed by atoms with van der Waals surface area (Å²) in [5.74, 6) is 0.366. The van der Waals surface area contributed by atoms with Crippen LogP contribution in [0.5, 0.6) is 5.75 Å². The number of pyridine rings is 1. The number of amides is 1. The summed E-state index contributed by atoms with van der Waals surface area (Å²) in [6, 6.07) is 6.32. The lowest BCUT2D eigenvalue weighted by atomic mass is 9.74. The van der Waals surface area contributed by atoms with Gasteiger partial charge in [0.1, 0.15) is 11.3 Å². The van der Waals surface area contributed by atoms with Gasteiger partial charge in [-0.15, -0.1) is 0 Å². The number of nitrogens with one attached hydrogen (secondary N) is 3. The molecule has 5 rings (SSSR count). The molecule has 1 saturated carbocycles. The molecule has 1 amide bonds. The number of benzene rings is 1. The highest BCUT2D eigenvalue weighted by Crippen LogP contribution is 2.49. The van der Waals surface area contributed by atoms with Crippen molar-refractivity contribution in [1.82, 2.24) is 15.6 Å². The molecule has 1 spiro atoms. The zero-order valence-corrected chi connectivity index (χ0v) is 19.0. The van der Waals surface area contributed by atoms with E-state index in [0.29, 0.717) is 22.1 Å². The van der Waals surface area contributed by atoms with Crippen LogP contribution in [0.3, 0.4) is 0 Å². The Labute approximate surface area is 199 Å². The Morgan fingerprint density at radius 3 is 2.79 bits per heavy atom. The molecule has 1 fully saturated rings. The molecule has 0 unspecified atom stereocenters. The van der Waals surface area contributed by atoms with Crippen LogP contribution in [0, 0.1) is 0 Å². The molecule has 0 atom stereocenters. The van der Waals surface area contributed by atoms with E-state index in [1.165, 1.54) is 18.3 Å². The molecule has 178 valence electrons. The van der Waals surface area contributed by atoms with Gasteiger partial charge in [0, 0.05) is 10.9 Å². The monoisotopic (exact) mass is 488 g/mol. The highest BCUT2D eigenvalue weighted by Gasteiger charge is 2.42. The van der Waals surface area contributed by atoms with Crippen LogP contribution in [0.2, 0.25) is 5.02 Å². The Kier molecular flexibility index (Phi) is 5.81. The minimum atomic E-state index is -2.92. The molecule has 0 radical (unpaired) electrons. The summed E-state index contributed by atoms with van der Waals surface area (Å²) in [4.78, 5) is 16.9. The van der Waals surface area contributed by atoms with Crippen molar-refractivity contribution in [2.45, 2.75) is 50.8 Å². The number of carbonyl (C=O) groups is 1. The summed E-state index contributed by atoms with van der Waals surface area (Å²) in [6.45, 7) is 1.24. The van der Waals surface area contributed by atoms with Crippen LogP contribution in [0.1, 0.15) is 53.9 Å². The normalized spacial score (nSPS) is 16.8. The largest absolute Gasteiger partial charge is 0.450 e. The van der Waals surface area contributed by atoms with E-state index in [1.807, 2.05) is 0 Å². The van der Waals surface area contributed by atoms with Gasteiger partial charge >= 0.3 is 6.61 Å². The Bertz CT molecular complexity index is 1250. The van der Waals surface area contributed by atoms with Crippen molar-refractivity contribution in [3.8, 4) is 5.75 Å². The van der Waals surface area contributed by atoms with Crippen LogP contribution in [-0.2, 0) is 12.1 Å². The molecule has 1 aromatic carbocycles. The number of hydrogen-bond donors (Lipinski definition) is 3. The molecule has 2 aliphatic rings. The Morgan fingerprint density at radius 2 is 2.09 bits per heavy atom. The molecule has 3 heterocycles.